The van der Waals surface area contributed by atoms with Gasteiger partial charge in [0.05, 0.1) is 18.3 Å². The van der Waals surface area contributed by atoms with E-state index in [1.165, 1.54) is 0 Å². The number of carbonyl (C=O) groups excluding carboxylic acids is 1. The highest BCUT2D eigenvalue weighted by Gasteiger charge is 2.09. The molecule has 3 aromatic rings. The van der Waals surface area contributed by atoms with Gasteiger partial charge in [-0.3, -0.25) is 9.79 Å². The van der Waals surface area contributed by atoms with Crippen LogP contribution in [-0.2, 0) is 4.79 Å². The van der Waals surface area contributed by atoms with E-state index in [0.29, 0.717) is 12.4 Å². The third-order valence-corrected chi connectivity index (χ3v) is 4.44. The fraction of sp³-hybridized carbons (Fsp3) is 0.200. The minimum Gasteiger partial charge on any atom is -0.494 e. The molecule has 0 saturated heterocycles. The van der Waals surface area contributed by atoms with Gasteiger partial charge >= 0.3 is 0 Å². The maximum atomic E-state index is 12.1. The summed E-state index contributed by atoms with van der Waals surface area (Å²) in [6.45, 7) is 4.52. The third kappa shape index (κ3) is 6.48. The van der Waals surface area contributed by atoms with Gasteiger partial charge in [-0.25, -0.2) is 0 Å². The number of carbonyl (C=O) groups is 1. The molecule has 0 aromatic heterocycles. The highest BCUT2D eigenvalue weighted by molar-refractivity contribution is 5.82. The van der Waals surface area contributed by atoms with Gasteiger partial charge in [-0.15, -0.1) is 0 Å². The van der Waals surface area contributed by atoms with Crippen molar-refractivity contribution in [1.29, 1.82) is 0 Å². The molecular weight excluding hydrogens is 376 g/mol. The predicted octanol–water partition coefficient (Wildman–Crippen LogP) is 5.09. The molecule has 3 aromatic carbocycles. The van der Waals surface area contributed by atoms with Gasteiger partial charge < -0.3 is 14.8 Å². The molecule has 1 N–H and O–H groups in total. The fourth-order valence-electron chi connectivity index (χ4n) is 2.85. The van der Waals surface area contributed by atoms with Gasteiger partial charge in [0.2, 0.25) is 0 Å². The summed E-state index contributed by atoms with van der Waals surface area (Å²) in [6.07, 6.45) is 1.79. The zero-order chi connectivity index (χ0) is 21.2. The Morgan fingerprint density at radius 1 is 0.933 bits per heavy atom. The van der Waals surface area contributed by atoms with Crippen molar-refractivity contribution >= 4 is 17.8 Å². The van der Waals surface area contributed by atoms with E-state index in [-0.39, 0.29) is 18.6 Å². The molecule has 1 atom stereocenters. The largest absolute Gasteiger partial charge is 0.494 e. The molecule has 0 unspecified atom stereocenters. The third-order valence-electron chi connectivity index (χ3n) is 4.44. The molecule has 0 bridgehead atoms. The second-order valence-corrected chi connectivity index (χ2v) is 6.74. The first kappa shape index (κ1) is 21.1. The summed E-state index contributed by atoms with van der Waals surface area (Å²) >= 11 is 0. The van der Waals surface area contributed by atoms with E-state index in [9.17, 15) is 4.79 Å². The number of hydrogen-bond donors (Lipinski definition) is 1. The summed E-state index contributed by atoms with van der Waals surface area (Å²) in [5.41, 5.74) is 2.85. The second-order valence-electron chi connectivity index (χ2n) is 6.74. The number of aliphatic imine (C=N–C) groups is 1. The van der Waals surface area contributed by atoms with Crippen molar-refractivity contribution in [3.63, 3.8) is 0 Å². The lowest BCUT2D eigenvalue weighted by Gasteiger charge is -2.14. The molecule has 0 aliphatic heterocycles. The summed E-state index contributed by atoms with van der Waals surface area (Å²) in [5.74, 6) is 1.31. The summed E-state index contributed by atoms with van der Waals surface area (Å²) in [4.78, 5) is 16.6. The SMILES string of the molecule is CCOc1ccc(N=Cc2ccc(OCC(=O)N[C@@H](C)c3ccccc3)cc2)cc1. The maximum absolute atomic E-state index is 12.1. The van der Waals surface area contributed by atoms with Crippen LogP contribution < -0.4 is 14.8 Å². The van der Waals surface area contributed by atoms with Crippen LogP contribution in [0.2, 0.25) is 0 Å². The number of nitrogens with zero attached hydrogens (tertiary/aromatic N) is 1. The van der Waals surface area contributed by atoms with E-state index in [1.54, 1.807) is 6.21 Å². The molecule has 5 heteroatoms. The molecular formula is C25H26N2O3. The molecule has 0 aliphatic carbocycles. The average molecular weight is 402 g/mol. The molecule has 0 aliphatic rings. The van der Waals surface area contributed by atoms with E-state index >= 15 is 0 Å². The topological polar surface area (TPSA) is 59.9 Å². The van der Waals surface area contributed by atoms with Gasteiger partial charge in [0.15, 0.2) is 6.61 Å². The number of benzene rings is 3. The van der Waals surface area contributed by atoms with E-state index < -0.39 is 0 Å². The van der Waals surface area contributed by atoms with Crippen LogP contribution in [0.15, 0.2) is 83.9 Å². The molecule has 0 fully saturated rings. The Bertz CT molecular complexity index is 952. The fourth-order valence-corrected chi connectivity index (χ4v) is 2.85. The van der Waals surface area contributed by atoms with Crippen molar-refractivity contribution in [3.8, 4) is 11.5 Å². The second kappa shape index (κ2) is 10.8. The first-order valence-electron chi connectivity index (χ1n) is 9.98. The zero-order valence-electron chi connectivity index (χ0n) is 17.2. The van der Waals surface area contributed by atoms with Gasteiger partial charge in [-0.1, -0.05) is 30.3 Å². The minimum absolute atomic E-state index is 0.0310. The lowest BCUT2D eigenvalue weighted by Crippen LogP contribution is -2.31. The zero-order valence-corrected chi connectivity index (χ0v) is 17.2. The highest BCUT2D eigenvalue weighted by atomic mass is 16.5. The van der Waals surface area contributed by atoms with Gasteiger partial charge in [0, 0.05) is 6.21 Å². The van der Waals surface area contributed by atoms with Crippen LogP contribution in [0, 0.1) is 0 Å². The number of hydrogen-bond acceptors (Lipinski definition) is 4. The molecule has 0 spiro atoms. The van der Waals surface area contributed by atoms with Crippen molar-refractivity contribution in [2.45, 2.75) is 19.9 Å². The quantitative estimate of drug-likeness (QED) is 0.507. The molecule has 1 amide bonds. The summed E-state index contributed by atoms with van der Waals surface area (Å²) in [7, 11) is 0. The normalized spacial score (nSPS) is 11.8. The van der Waals surface area contributed by atoms with E-state index in [0.717, 1.165) is 22.6 Å². The molecule has 0 saturated carbocycles. The van der Waals surface area contributed by atoms with Crippen molar-refractivity contribution in [2.24, 2.45) is 4.99 Å². The average Bonchev–Trinajstić information content (AvgIpc) is 2.79. The van der Waals surface area contributed by atoms with Crippen molar-refractivity contribution in [1.82, 2.24) is 5.32 Å². The Morgan fingerprint density at radius 3 is 2.23 bits per heavy atom. The number of nitrogens with one attached hydrogen (secondary N) is 1. The lowest BCUT2D eigenvalue weighted by molar-refractivity contribution is -0.123. The number of ether oxygens (including phenoxy) is 2. The van der Waals surface area contributed by atoms with Crippen molar-refractivity contribution < 1.29 is 14.3 Å². The molecule has 0 radical (unpaired) electrons. The first-order valence-corrected chi connectivity index (χ1v) is 9.98. The molecule has 5 nitrogen and oxygen atoms in total. The van der Waals surface area contributed by atoms with Crippen LogP contribution in [0.4, 0.5) is 5.69 Å². The summed E-state index contributed by atoms with van der Waals surface area (Å²) in [5, 5.41) is 2.93. The van der Waals surface area contributed by atoms with E-state index in [4.69, 9.17) is 9.47 Å². The lowest BCUT2D eigenvalue weighted by atomic mass is 10.1. The van der Waals surface area contributed by atoms with E-state index in [1.807, 2.05) is 92.7 Å². The standard InChI is InChI=1S/C25H26N2O3/c1-3-29-23-15-11-22(12-16-23)26-17-20-9-13-24(14-10-20)30-18-25(28)27-19(2)21-7-5-4-6-8-21/h4-17,19H,3,18H2,1-2H3,(H,27,28)/t19-/m0/s1. The molecule has 0 heterocycles. The van der Waals surface area contributed by atoms with Crippen molar-refractivity contribution in [3.05, 3.63) is 90.0 Å². The minimum atomic E-state index is -0.160. The molecule has 154 valence electrons. The van der Waals surface area contributed by atoms with Gasteiger partial charge in [-0.2, -0.15) is 0 Å². The van der Waals surface area contributed by atoms with Crippen LogP contribution in [0.5, 0.6) is 11.5 Å². The van der Waals surface area contributed by atoms with Gasteiger partial charge in [0.1, 0.15) is 11.5 Å². The molecule has 30 heavy (non-hydrogen) atoms. The highest BCUT2D eigenvalue weighted by Crippen LogP contribution is 2.18. The van der Waals surface area contributed by atoms with Gasteiger partial charge in [0.25, 0.3) is 5.91 Å². The Kier molecular flexibility index (Phi) is 7.61. The maximum Gasteiger partial charge on any atom is 0.258 e. The smallest absolute Gasteiger partial charge is 0.258 e. The predicted molar refractivity (Wildman–Crippen MR) is 120 cm³/mol. The molecule has 3 rings (SSSR count). The summed E-state index contributed by atoms with van der Waals surface area (Å²) in [6, 6.07) is 24.8. The summed E-state index contributed by atoms with van der Waals surface area (Å²) < 4.78 is 11.0. The first-order chi connectivity index (χ1) is 14.6. The van der Waals surface area contributed by atoms with Crippen LogP contribution >= 0.6 is 0 Å². The Labute approximate surface area is 177 Å². The van der Waals surface area contributed by atoms with Crippen molar-refractivity contribution in [2.75, 3.05) is 13.2 Å². The Hall–Kier alpha value is -3.60. The van der Waals surface area contributed by atoms with Crippen LogP contribution in [0.1, 0.15) is 31.0 Å². The van der Waals surface area contributed by atoms with Crippen LogP contribution in [0.25, 0.3) is 0 Å². The Morgan fingerprint density at radius 2 is 1.57 bits per heavy atom. The Balaban J connectivity index is 1.47. The number of amides is 1. The number of rotatable bonds is 9. The monoisotopic (exact) mass is 402 g/mol. The van der Waals surface area contributed by atoms with Crippen LogP contribution in [0.3, 0.4) is 0 Å². The van der Waals surface area contributed by atoms with E-state index in [2.05, 4.69) is 10.3 Å². The van der Waals surface area contributed by atoms with Crippen LogP contribution in [-0.4, -0.2) is 25.3 Å². The van der Waals surface area contributed by atoms with Gasteiger partial charge in [-0.05, 0) is 73.5 Å².